The Bertz CT molecular complexity index is 883. The topological polar surface area (TPSA) is 68.0 Å². The maximum atomic E-state index is 13.2. The highest BCUT2D eigenvalue weighted by Crippen LogP contribution is 2.28. The van der Waals surface area contributed by atoms with E-state index in [1.807, 2.05) is 30.3 Å². The molecule has 1 atom stereocenters. The van der Waals surface area contributed by atoms with Crippen molar-refractivity contribution in [1.82, 2.24) is 10.2 Å². The number of rotatable bonds is 5. The minimum Gasteiger partial charge on any atom is -0.425 e. The molecule has 0 aliphatic rings. The number of nitrogens with one attached hydrogen (secondary N) is 1. The van der Waals surface area contributed by atoms with Crippen molar-refractivity contribution in [2.24, 2.45) is 0 Å². The predicted molar refractivity (Wildman–Crippen MR) is 92.0 cm³/mol. The third-order valence-corrected chi connectivity index (χ3v) is 3.92. The van der Waals surface area contributed by atoms with E-state index in [9.17, 15) is 9.18 Å². The van der Waals surface area contributed by atoms with Gasteiger partial charge in [0.2, 0.25) is 17.7 Å². The van der Waals surface area contributed by atoms with E-state index in [1.54, 1.807) is 6.92 Å². The van der Waals surface area contributed by atoms with Crippen LogP contribution in [0.5, 0.6) is 0 Å². The monoisotopic (exact) mass is 359 g/mol. The van der Waals surface area contributed by atoms with E-state index < -0.39 is 5.82 Å². The zero-order valence-corrected chi connectivity index (χ0v) is 14.1. The van der Waals surface area contributed by atoms with E-state index in [1.165, 1.54) is 18.2 Å². The minimum absolute atomic E-state index is 0.0510. The number of carbonyl (C=O) groups excluding carboxylic acids is 1. The number of halogens is 2. The lowest BCUT2D eigenvalue weighted by molar-refractivity contribution is -0.116. The van der Waals surface area contributed by atoms with Crippen LogP contribution in [0.4, 0.5) is 10.1 Å². The second kappa shape index (κ2) is 7.44. The summed E-state index contributed by atoms with van der Waals surface area (Å²) in [7, 11) is 0. The fourth-order valence-corrected chi connectivity index (χ4v) is 2.64. The Labute approximate surface area is 148 Å². The summed E-state index contributed by atoms with van der Waals surface area (Å²) in [6.45, 7) is 1.69. The zero-order chi connectivity index (χ0) is 17.8. The van der Waals surface area contributed by atoms with Gasteiger partial charge < -0.3 is 9.73 Å². The largest absolute Gasteiger partial charge is 0.425 e. The van der Waals surface area contributed by atoms with Gasteiger partial charge in [0, 0.05) is 19.0 Å². The minimum atomic E-state index is -0.539. The average molecular weight is 360 g/mol. The average Bonchev–Trinajstić information content (AvgIpc) is 3.03. The van der Waals surface area contributed by atoms with Crippen LogP contribution in [0.15, 0.2) is 52.9 Å². The molecule has 1 aromatic heterocycles. The van der Waals surface area contributed by atoms with Crippen LogP contribution >= 0.6 is 11.6 Å². The molecule has 0 spiro atoms. The molecule has 0 radical (unpaired) electrons. The molecule has 128 valence electrons. The van der Waals surface area contributed by atoms with Crippen LogP contribution in [-0.2, 0) is 4.79 Å². The van der Waals surface area contributed by atoms with E-state index in [0.717, 1.165) is 5.56 Å². The van der Waals surface area contributed by atoms with Crippen molar-refractivity contribution in [2.75, 3.05) is 5.32 Å². The zero-order valence-electron chi connectivity index (χ0n) is 13.4. The van der Waals surface area contributed by atoms with E-state index in [2.05, 4.69) is 15.5 Å². The second-order valence-corrected chi connectivity index (χ2v) is 5.91. The summed E-state index contributed by atoms with van der Waals surface area (Å²) in [6.07, 6.45) is 0.0979. The maximum absolute atomic E-state index is 13.2. The van der Waals surface area contributed by atoms with Gasteiger partial charge in [-0.25, -0.2) is 4.39 Å². The van der Waals surface area contributed by atoms with Crippen LogP contribution in [0.3, 0.4) is 0 Å². The third-order valence-electron chi connectivity index (χ3n) is 3.63. The predicted octanol–water partition coefficient (Wildman–Crippen LogP) is 4.33. The molecule has 1 amide bonds. The Hall–Kier alpha value is -2.73. The molecule has 0 saturated heterocycles. The molecule has 3 rings (SSSR count). The summed E-state index contributed by atoms with van der Waals surface area (Å²) in [4.78, 5) is 12.4. The number of carbonyl (C=O) groups is 1. The van der Waals surface area contributed by atoms with E-state index in [0.29, 0.717) is 17.5 Å². The molecule has 7 heteroatoms. The van der Waals surface area contributed by atoms with Crippen LogP contribution in [0.1, 0.15) is 29.7 Å². The summed E-state index contributed by atoms with van der Waals surface area (Å²) < 4.78 is 18.7. The molecule has 0 bridgehead atoms. The van der Waals surface area contributed by atoms with Crippen molar-refractivity contribution in [2.45, 2.75) is 19.3 Å². The summed E-state index contributed by atoms with van der Waals surface area (Å²) in [5.41, 5.74) is 1.31. The number of aryl methyl sites for hydroxylation is 1. The molecule has 25 heavy (non-hydrogen) atoms. The number of hydrogen-bond acceptors (Lipinski definition) is 4. The summed E-state index contributed by atoms with van der Waals surface area (Å²) in [5.74, 6) is -0.383. The van der Waals surface area contributed by atoms with Crippen LogP contribution in [0, 0.1) is 12.7 Å². The summed E-state index contributed by atoms with van der Waals surface area (Å²) in [6, 6.07) is 13.5. The molecular formula is C18H15ClFN3O2. The Morgan fingerprint density at radius 2 is 2.00 bits per heavy atom. The smallest absolute Gasteiger partial charge is 0.225 e. The first kappa shape index (κ1) is 17.1. The van der Waals surface area contributed by atoms with Crippen molar-refractivity contribution in [3.05, 3.63) is 76.7 Å². The lowest BCUT2D eigenvalue weighted by Gasteiger charge is -2.14. The number of anilines is 1. The Kier molecular flexibility index (Phi) is 5.09. The Balaban J connectivity index is 1.80. The second-order valence-electron chi connectivity index (χ2n) is 5.50. The molecule has 2 aromatic carbocycles. The van der Waals surface area contributed by atoms with Crippen molar-refractivity contribution in [3.63, 3.8) is 0 Å². The van der Waals surface area contributed by atoms with E-state index in [-0.39, 0.29) is 23.3 Å². The lowest BCUT2D eigenvalue weighted by atomic mass is 9.95. The first-order chi connectivity index (χ1) is 12.0. The number of hydrogen-bond donors (Lipinski definition) is 1. The van der Waals surface area contributed by atoms with Gasteiger partial charge in [0.1, 0.15) is 5.82 Å². The molecule has 1 heterocycles. The number of aromatic nitrogens is 2. The highest BCUT2D eigenvalue weighted by molar-refractivity contribution is 6.31. The van der Waals surface area contributed by atoms with Gasteiger partial charge in [-0.15, -0.1) is 10.2 Å². The van der Waals surface area contributed by atoms with Crippen LogP contribution in [-0.4, -0.2) is 16.1 Å². The normalized spacial score (nSPS) is 12.0. The molecule has 0 fully saturated rings. The van der Waals surface area contributed by atoms with Crippen molar-refractivity contribution < 1.29 is 13.6 Å². The Morgan fingerprint density at radius 1 is 1.24 bits per heavy atom. The fourth-order valence-electron chi connectivity index (χ4n) is 2.46. The summed E-state index contributed by atoms with van der Waals surface area (Å²) in [5, 5.41) is 10.5. The van der Waals surface area contributed by atoms with Gasteiger partial charge in [0.15, 0.2) is 0 Å². The van der Waals surface area contributed by atoms with Gasteiger partial charge in [-0.1, -0.05) is 41.9 Å². The van der Waals surface area contributed by atoms with Gasteiger partial charge in [-0.3, -0.25) is 4.79 Å². The first-order valence-corrected chi connectivity index (χ1v) is 8.00. The Morgan fingerprint density at radius 3 is 2.64 bits per heavy atom. The van der Waals surface area contributed by atoms with Crippen LogP contribution < -0.4 is 5.32 Å². The molecule has 0 aliphatic heterocycles. The highest BCUT2D eigenvalue weighted by atomic mass is 35.5. The third kappa shape index (κ3) is 4.22. The van der Waals surface area contributed by atoms with E-state index in [4.69, 9.17) is 16.0 Å². The van der Waals surface area contributed by atoms with Crippen LogP contribution in [0.25, 0.3) is 0 Å². The highest BCUT2D eigenvalue weighted by Gasteiger charge is 2.23. The lowest BCUT2D eigenvalue weighted by Crippen LogP contribution is -2.16. The van der Waals surface area contributed by atoms with Gasteiger partial charge in [-0.05, 0) is 23.8 Å². The van der Waals surface area contributed by atoms with E-state index >= 15 is 0 Å². The van der Waals surface area contributed by atoms with Crippen molar-refractivity contribution in [3.8, 4) is 0 Å². The molecule has 1 unspecified atom stereocenters. The SMILES string of the molecule is Cc1nnc(C(CC(=O)Nc2ccc(F)c(Cl)c2)c2ccccc2)o1. The molecule has 0 aliphatic carbocycles. The first-order valence-electron chi connectivity index (χ1n) is 7.63. The standard InChI is InChI=1S/C18H15ClFN3O2/c1-11-22-23-18(25-11)14(12-5-3-2-4-6-12)10-17(24)21-13-7-8-16(20)15(19)9-13/h2-9,14H,10H2,1H3,(H,21,24). The number of amides is 1. The van der Waals surface area contributed by atoms with Gasteiger partial charge in [0.25, 0.3) is 0 Å². The van der Waals surface area contributed by atoms with Gasteiger partial charge in [-0.2, -0.15) is 0 Å². The molecular weight excluding hydrogens is 345 g/mol. The molecule has 3 aromatic rings. The molecule has 0 saturated carbocycles. The number of benzene rings is 2. The summed E-state index contributed by atoms with van der Waals surface area (Å²) >= 11 is 5.74. The van der Waals surface area contributed by atoms with Crippen molar-refractivity contribution in [1.29, 1.82) is 0 Å². The fraction of sp³-hybridized carbons (Fsp3) is 0.167. The van der Waals surface area contributed by atoms with Crippen molar-refractivity contribution >= 4 is 23.2 Å². The van der Waals surface area contributed by atoms with Gasteiger partial charge >= 0.3 is 0 Å². The maximum Gasteiger partial charge on any atom is 0.225 e. The van der Waals surface area contributed by atoms with Gasteiger partial charge in [0.05, 0.1) is 10.9 Å². The van der Waals surface area contributed by atoms with Crippen LogP contribution in [0.2, 0.25) is 5.02 Å². The molecule has 1 N–H and O–H groups in total. The quantitative estimate of drug-likeness (QED) is 0.736. The number of nitrogens with zero attached hydrogens (tertiary/aromatic N) is 2. The molecule has 5 nitrogen and oxygen atoms in total.